The molecule has 0 aliphatic rings. The van der Waals surface area contributed by atoms with Crippen LogP contribution in [0.15, 0.2) is 40.8 Å². The van der Waals surface area contributed by atoms with Gasteiger partial charge in [0.2, 0.25) is 0 Å². The fourth-order valence-corrected chi connectivity index (χ4v) is 1.99. The number of benzene rings is 1. The minimum Gasteiger partial charge on any atom is -0.481 e. The topological polar surface area (TPSA) is 129 Å². The Hall–Kier alpha value is -2.19. The van der Waals surface area contributed by atoms with Gasteiger partial charge >= 0.3 is 11.9 Å². The molecular formula is C21H34O7S. The highest BCUT2D eigenvalue weighted by atomic mass is 32.2. The molecule has 166 valence electrons. The number of carbonyl (C=O) groups is 2. The lowest BCUT2D eigenvalue weighted by Crippen LogP contribution is -2.18. The predicted molar refractivity (Wildman–Crippen MR) is 114 cm³/mol. The number of aryl methyl sites for hydroxylation is 1. The molecule has 0 spiro atoms. The number of carboxylic acid groups (broad SMARTS) is 2. The molecular weight excluding hydrogens is 396 g/mol. The van der Waals surface area contributed by atoms with Crippen molar-refractivity contribution in [2.24, 2.45) is 5.41 Å². The Morgan fingerprint density at radius 2 is 1.48 bits per heavy atom. The molecule has 0 aromatic heterocycles. The number of hydrogen-bond acceptors (Lipinski definition) is 4. The zero-order chi connectivity index (χ0) is 23.3. The molecule has 1 aromatic rings. The van der Waals surface area contributed by atoms with Crippen LogP contribution in [0.5, 0.6) is 0 Å². The molecule has 0 saturated heterocycles. The van der Waals surface area contributed by atoms with E-state index >= 15 is 0 Å². The van der Waals surface area contributed by atoms with Crippen LogP contribution in [0, 0.1) is 12.3 Å². The molecule has 7 nitrogen and oxygen atoms in total. The molecule has 0 saturated carbocycles. The third-order valence-electron chi connectivity index (χ3n) is 3.56. The van der Waals surface area contributed by atoms with Gasteiger partial charge < -0.3 is 10.2 Å². The normalized spacial score (nSPS) is 11.5. The Bertz CT molecular complexity index is 755. The molecule has 29 heavy (non-hydrogen) atoms. The Balaban J connectivity index is 0. The van der Waals surface area contributed by atoms with Crippen LogP contribution in [-0.2, 0) is 19.7 Å². The lowest BCUT2D eigenvalue weighted by Gasteiger charge is -2.08. The van der Waals surface area contributed by atoms with Gasteiger partial charge in [-0.2, -0.15) is 8.42 Å². The molecule has 0 amide bonds. The number of carboxylic acids is 2. The summed E-state index contributed by atoms with van der Waals surface area (Å²) >= 11 is 0. The first-order chi connectivity index (χ1) is 13.1. The second kappa shape index (κ2) is 13.9. The lowest BCUT2D eigenvalue weighted by atomic mass is 9.98. The van der Waals surface area contributed by atoms with E-state index in [1.54, 1.807) is 45.9 Å². The van der Waals surface area contributed by atoms with E-state index in [2.05, 4.69) is 6.92 Å². The second-order valence-electron chi connectivity index (χ2n) is 7.53. The molecule has 0 aliphatic heterocycles. The summed E-state index contributed by atoms with van der Waals surface area (Å²) < 4.78 is 29.6. The van der Waals surface area contributed by atoms with Gasteiger partial charge in [0.05, 0.1) is 10.3 Å². The molecule has 1 aromatic carbocycles. The van der Waals surface area contributed by atoms with Gasteiger partial charge in [-0.1, -0.05) is 43.5 Å². The van der Waals surface area contributed by atoms with Crippen LogP contribution in [0.2, 0.25) is 0 Å². The Morgan fingerprint density at radius 3 is 1.79 bits per heavy atom. The van der Waals surface area contributed by atoms with E-state index in [-0.39, 0.29) is 4.90 Å². The molecule has 3 N–H and O–H groups in total. The quantitative estimate of drug-likeness (QED) is 0.330. The molecule has 0 heterocycles. The molecule has 1 rings (SSSR count). The highest BCUT2D eigenvalue weighted by molar-refractivity contribution is 7.85. The van der Waals surface area contributed by atoms with Gasteiger partial charge in [0.25, 0.3) is 10.1 Å². The van der Waals surface area contributed by atoms with E-state index < -0.39 is 27.5 Å². The summed E-state index contributed by atoms with van der Waals surface area (Å²) in [7, 11) is -4.02. The van der Waals surface area contributed by atoms with Gasteiger partial charge in [0.15, 0.2) is 0 Å². The average Bonchev–Trinajstić information content (AvgIpc) is 2.58. The first-order valence-electron chi connectivity index (χ1n) is 9.30. The number of rotatable bonds is 6. The molecule has 0 bridgehead atoms. The number of allylic oxidation sites excluding steroid dienone is 1. The fourth-order valence-electron chi connectivity index (χ4n) is 1.51. The summed E-state index contributed by atoms with van der Waals surface area (Å²) in [5.41, 5.74) is 0.832. The maximum absolute atomic E-state index is 10.5. The van der Waals surface area contributed by atoms with E-state index in [4.69, 9.17) is 14.8 Å². The van der Waals surface area contributed by atoms with Crippen LogP contribution in [0.3, 0.4) is 0 Å². The first kappa shape index (κ1) is 29.0. The minimum atomic E-state index is -4.02. The van der Waals surface area contributed by atoms with Crippen molar-refractivity contribution < 1.29 is 32.8 Å². The Kier molecular flexibility index (Phi) is 13.9. The molecule has 0 radical (unpaired) electrons. The summed E-state index contributed by atoms with van der Waals surface area (Å²) in [6.45, 7) is 10.6. The van der Waals surface area contributed by atoms with Crippen LogP contribution < -0.4 is 0 Å². The SMILES string of the molecule is CC(C)(C)C(=O)O.CCCCCC=C(C)C(=O)O.Cc1ccc(S(=O)(=O)O)cc1. The Labute approximate surface area is 174 Å². The van der Waals surface area contributed by atoms with Crippen molar-refractivity contribution in [2.75, 3.05) is 0 Å². The van der Waals surface area contributed by atoms with Crippen LogP contribution in [0.1, 0.15) is 65.9 Å². The van der Waals surface area contributed by atoms with E-state index in [1.165, 1.54) is 25.0 Å². The van der Waals surface area contributed by atoms with Gasteiger partial charge in [0, 0.05) is 5.57 Å². The zero-order valence-electron chi connectivity index (χ0n) is 18.1. The lowest BCUT2D eigenvalue weighted by molar-refractivity contribution is -0.145. The molecule has 8 heteroatoms. The summed E-state index contributed by atoms with van der Waals surface area (Å²) in [6.07, 6.45) is 6.15. The van der Waals surface area contributed by atoms with E-state index in [0.29, 0.717) is 5.57 Å². The smallest absolute Gasteiger partial charge is 0.330 e. The third-order valence-corrected chi connectivity index (χ3v) is 4.42. The molecule has 0 unspecified atom stereocenters. The van der Waals surface area contributed by atoms with Crippen LogP contribution in [0.25, 0.3) is 0 Å². The summed E-state index contributed by atoms with van der Waals surface area (Å²) in [5.74, 6) is -1.56. The highest BCUT2D eigenvalue weighted by Gasteiger charge is 2.18. The summed E-state index contributed by atoms with van der Waals surface area (Å²) in [6, 6.07) is 5.99. The van der Waals surface area contributed by atoms with Crippen molar-refractivity contribution in [1.82, 2.24) is 0 Å². The van der Waals surface area contributed by atoms with Gasteiger partial charge in [0.1, 0.15) is 0 Å². The molecule has 0 atom stereocenters. The predicted octanol–water partition coefficient (Wildman–Crippen LogP) is 4.96. The monoisotopic (exact) mass is 430 g/mol. The standard InChI is InChI=1S/C9H16O2.C7H8O3S.C5H10O2/c1-3-4-5-6-7-8(2)9(10)11;1-6-2-4-7(5-3-6)11(8,9)10;1-5(2,3)4(6)7/h7H,3-6H2,1-2H3,(H,10,11);2-5H,1H3,(H,8,9,10);1-3H3,(H,6,7). The number of hydrogen-bond donors (Lipinski definition) is 3. The van der Waals surface area contributed by atoms with E-state index in [0.717, 1.165) is 18.4 Å². The van der Waals surface area contributed by atoms with Crippen LogP contribution in [0.4, 0.5) is 0 Å². The Morgan fingerprint density at radius 1 is 1.03 bits per heavy atom. The van der Waals surface area contributed by atoms with Crippen LogP contribution in [-0.4, -0.2) is 35.1 Å². The number of unbranched alkanes of at least 4 members (excludes halogenated alkanes) is 3. The van der Waals surface area contributed by atoms with Crippen molar-refractivity contribution in [3.63, 3.8) is 0 Å². The van der Waals surface area contributed by atoms with Crippen molar-refractivity contribution in [3.05, 3.63) is 41.5 Å². The van der Waals surface area contributed by atoms with E-state index in [9.17, 15) is 18.0 Å². The summed E-state index contributed by atoms with van der Waals surface area (Å²) in [4.78, 5) is 20.2. The average molecular weight is 431 g/mol. The fraction of sp³-hybridized carbons (Fsp3) is 0.524. The maximum Gasteiger partial charge on any atom is 0.330 e. The molecule has 0 fully saturated rings. The third kappa shape index (κ3) is 16.5. The molecule has 0 aliphatic carbocycles. The van der Waals surface area contributed by atoms with Crippen molar-refractivity contribution >= 4 is 22.1 Å². The van der Waals surface area contributed by atoms with Crippen molar-refractivity contribution in [3.8, 4) is 0 Å². The van der Waals surface area contributed by atoms with Gasteiger partial charge in [-0.3, -0.25) is 9.35 Å². The minimum absolute atomic E-state index is 0.0666. The van der Waals surface area contributed by atoms with Gasteiger partial charge in [-0.05, 0) is 59.6 Å². The van der Waals surface area contributed by atoms with Crippen molar-refractivity contribution in [1.29, 1.82) is 0 Å². The zero-order valence-corrected chi connectivity index (χ0v) is 18.9. The largest absolute Gasteiger partial charge is 0.481 e. The van der Waals surface area contributed by atoms with Crippen LogP contribution >= 0.6 is 0 Å². The van der Waals surface area contributed by atoms with E-state index in [1.807, 2.05) is 6.92 Å². The first-order valence-corrected chi connectivity index (χ1v) is 10.7. The second-order valence-corrected chi connectivity index (χ2v) is 8.95. The number of aliphatic carboxylic acids is 2. The van der Waals surface area contributed by atoms with Gasteiger partial charge in [-0.25, -0.2) is 4.79 Å². The van der Waals surface area contributed by atoms with Crippen molar-refractivity contribution in [2.45, 2.75) is 72.1 Å². The van der Waals surface area contributed by atoms with Gasteiger partial charge in [-0.15, -0.1) is 0 Å². The maximum atomic E-state index is 10.5. The summed E-state index contributed by atoms with van der Waals surface area (Å²) in [5, 5.41) is 16.7. The highest BCUT2D eigenvalue weighted by Crippen LogP contribution is 2.11.